The molecule has 1 aromatic rings. The first-order valence-corrected chi connectivity index (χ1v) is 7.98. The van der Waals surface area contributed by atoms with E-state index in [1.54, 1.807) is 22.7 Å². The lowest BCUT2D eigenvalue weighted by Gasteiger charge is -2.24. The van der Waals surface area contributed by atoms with Crippen LogP contribution in [-0.4, -0.2) is 67.6 Å². The summed E-state index contributed by atoms with van der Waals surface area (Å²) in [6.45, 7) is 1.19. The van der Waals surface area contributed by atoms with E-state index in [0.717, 1.165) is 12.1 Å². The molecule has 1 atom stereocenters. The Labute approximate surface area is 139 Å². The first-order chi connectivity index (χ1) is 11.5. The van der Waals surface area contributed by atoms with Gasteiger partial charge in [-0.3, -0.25) is 14.3 Å². The molecule has 0 saturated heterocycles. The van der Waals surface area contributed by atoms with Crippen LogP contribution in [0.3, 0.4) is 0 Å². The van der Waals surface area contributed by atoms with Crippen molar-refractivity contribution in [2.24, 2.45) is 5.10 Å². The molecule has 2 aliphatic rings. The average molecular weight is 335 g/mol. The van der Waals surface area contributed by atoms with Crippen LogP contribution in [0.4, 0.5) is 0 Å². The highest BCUT2D eigenvalue weighted by molar-refractivity contribution is 6.39. The summed E-state index contributed by atoms with van der Waals surface area (Å²) in [5.41, 5.74) is 1.60. The second-order valence-corrected chi connectivity index (χ2v) is 6.03. The van der Waals surface area contributed by atoms with Crippen LogP contribution in [0.5, 0.6) is 0 Å². The van der Waals surface area contributed by atoms with Gasteiger partial charge in [-0.2, -0.15) is 10.2 Å². The maximum Gasteiger partial charge on any atom is 0.270 e. The van der Waals surface area contributed by atoms with Crippen molar-refractivity contribution in [3.63, 3.8) is 0 Å². The Balaban J connectivity index is 1.78. The molecular formula is C15H21N5O4. The summed E-state index contributed by atoms with van der Waals surface area (Å²) in [6.07, 6.45) is 0.360. The monoisotopic (exact) mass is 335 g/mol. The quantitative estimate of drug-likeness (QED) is 0.755. The van der Waals surface area contributed by atoms with Crippen molar-refractivity contribution in [3.05, 3.63) is 17.5 Å². The zero-order valence-corrected chi connectivity index (χ0v) is 13.6. The molecule has 0 saturated carbocycles. The number of aliphatic hydroxyl groups is 2. The van der Waals surface area contributed by atoms with Crippen LogP contribution >= 0.6 is 0 Å². The Morgan fingerprint density at radius 3 is 2.88 bits per heavy atom. The highest BCUT2D eigenvalue weighted by atomic mass is 16.3. The van der Waals surface area contributed by atoms with E-state index in [0.29, 0.717) is 43.9 Å². The molecule has 0 spiro atoms. The summed E-state index contributed by atoms with van der Waals surface area (Å²) in [7, 11) is 1.55. The van der Waals surface area contributed by atoms with Crippen LogP contribution in [0, 0.1) is 0 Å². The van der Waals surface area contributed by atoms with Crippen LogP contribution in [0.15, 0.2) is 11.2 Å². The van der Waals surface area contributed by atoms with Gasteiger partial charge >= 0.3 is 0 Å². The van der Waals surface area contributed by atoms with Gasteiger partial charge in [-0.1, -0.05) is 0 Å². The highest BCUT2D eigenvalue weighted by Gasteiger charge is 2.28. The molecule has 130 valence electrons. The molecule has 24 heavy (non-hydrogen) atoms. The smallest absolute Gasteiger partial charge is 0.270 e. The predicted molar refractivity (Wildman–Crippen MR) is 83.7 cm³/mol. The number of hydrogen-bond acceptors (Lipinski definition) is 6. The van der Waals surface area contributed by atoms with Gasteiger partial charge in [-0.25, -0.2) is 5.01 Å². The zero-order chi connectivity index (χ0) is 17.3. The summed E-state index contributed by atoms with van der Waals surface area (Å²) in [5, 5.41) is 28.4. The van der Waals surface area contributed by atoms with Crippen LogP contribution in [0.2, 0.25) is 0 Å². The van der Waals surface area contributed by atoms with Crippen LogP contribution in [0.25, 0.3) is 0 Å². The number of nitrogens with zero attached hydrogens (tertiary/aromatic N) is 5. The minimum atomic E-state index is -1.02. The van der Waals surface area contributed by atoms with Gasteiger partial charge in [0.15, 0.2) is 0 Å². The summed E-state index contributed by atoms with van der Waals surface area (Å²) in [6, 6.07) is 1.71. The lowest BCUT2D eigenvalue weighted by molar-refractivity contribution is -0.130. The standard InChI is InChI=1S/C15H21N5O4/c1-18-14(23)4-3-11(16-18)15(24)19-5-2-6-20-10(8-19)7-12(17-20)13(22)9-21/h7,13,21-22H,2-6,8-9H2,1H3/t13-/m1/s1. The SMILES string of the molecule is CN1N=C(C(=O)N2CCCn3nc([C@H](O)CO)cc3C2)CCC1=O. The summed E-state index contributed by atoms with van der Waals surface area (Å²) in [4.78, 5) is 25.9. The van der Waals surface area contributed by atoms with Gasteiger partial charge < -0.3 is 15.1 Å². The molecule has 3 rings (SSSR count). The van der Waals surface area contributed by atoms with Gasteiger partial charge in [0.2, 0.25) is 5.91 Å². The van der Waals surface area contributed by atoms with E-state index in [1.807, 2.05) is 0 Å². The average Bonchev–Trinajstić information content (AvgIpc) is 2.87. The largest absolute Gasteiger partial charge is 0.393 e. The van der Waals surface area contributed by atoms with Gasteiger partial charge in [-0.15, -0.1) is 0 Å². The number of amides is 2. The molecule has 0 fully saturated rings. The number of carbonyl (C=O) groups excluding carboxylic acids is 2. The van der Waals surface area contributed by atoms with E-state index in [4.69, 9.17) is 5.11 Å². The van der Waals surface area contributed by atoms with Gasteiger partial charge in [0, 0.05) is 33.0 Å². The maximum atomic E-state index is 12.7. The molecule has 3 heterocycles. The number of fused-ring (bicyclic) bond motifs is 1. The number of hydrazone groups is 1. The Kier molecular flexibility index (Phi) is 4.63. The van der Waals surface area contributed by atoms with Gasteiger partial charge in [0.25, 0.3) is 5.91 Å². The Morgan fingerprint density at radius 2 is 2.17 bits per heavy atom. The normalized spacial score (nSPS) is 19.6. The lowest BCUT2D eigenvalue weighted by Crippen LogP contribution is -2.40. The van der Waals surface area contributed by atoms with Gasteiger partial charge in [0.1, 0.15) is 11.8 Å². The molecule has 2 amide bonds. The molecule has 0 radical (unpaired) electrons. The first-order valence-electron chi connectivity index (χ1n) is 7.98. The first kappa shape index (κ1) is 16.6. The molecule has 9 heteroatoms. The fraction of sp³-hybridized carbons (Fsp3) is 0.600. The summed E-state index contributed by atoms with van der Waals surface area (Å²) >= 11 is 0. The number of aromatic nitrogens is 2. The maximum absolute atomic E-state index is 12.7. The molecule has 2 N–H and O–H groups in total. The van der Waals surface area contributed by atoms with E-state index in [1.165, 1.54) is 5.01 Å². The fourth-order valence-corrected chi connectivity index (χ4v) is 2.92. The number of aliphatic hydroxyl groups excluding tert-OH is 2. The third-order valence-corrected chi connectivity index (χ3v) is 4.29. The third kappa shape index (κ3) is 3.17. The van der Waals surface area contributed by atoms with Crippen molar-refractivity contribution in [2.45, 2.75) is 38.5 Å². The van der Waals surface area contributed by atoms with Crippen molar-refractivity contribution < 1.29 is 19.8 Å². The molecule has 0 aromatic carbocycles. The van der Waals surface area contributed by atoms with E-state index < -0.39 is 12.7 Å². The van der Waals surface area contributed by atoms with E-state index in [2.05, 4.69) is 10.2 Å². The molecule has 0 aliphatic carbocycles. The van der Waals surface area contributed by atoms with Crippen LogP contribution in [0.1, 0.15) is 36.8 Å². The number of rotatable bonds is 3. The summed E-state index contributed by atoms with van der Waals surface area (Å²) < 4.78 is 1.76. The number of hydrogen-bond donors (Lipinski definition) is 2. The Morgan fingerprint density at radius 1 is 1.38 bits per heavy atom. The Bertz CT molecular complexity index is 683. The topological polar surface area (TPSA) is 111 Å². The van der Waals surface area contributed by atoms with Crippen LogP contribution < -0.4 is 0 Å². The molecule has 0 unspecified atom stereocenters. The predicted octanol–water partition coefficient (Wildman–Crippen LogP) is -0.751. The minimum Gasteiger partial charge on any atom is -0.393 e. The van der Waals surface area contributed by atoms with Crippen LogP contribution in [-0.2, 0) is 22.7 Å². The Hall–Kier alpha value is -2.26. The van der Waals surface area contributed by atoms with Crippen molar-refractivity contribution in [1.29, 1.82) is 0 Å². The van der Waals surface area contributed by atoms with E-state index >= 15 is 0 Å². The van der Waals surface area contributed by atoms with E-state index in [-0.39, 0.29) is 11.8 Å². The second kappa shape index (κ2) is 6.70. The van der Waals surface area contributed by atoms with Crippen molar-refractivity contribution in [3.8, 4) is 0 Å². The van der Waals surface area contributed by atoms with Gasteiger partial charge in [0.05, 0.1) is 24.5 Å². The molecule has 9 nitrogen and oxygen atoms in total. The lowest BCUT2D eigenvalue weighted by atomic mass is 10.1. The van der Waals surface area contributed by atoms with Gasteiger partial charge in [-0.05, 0) is 12.5 Å². The van der Waals surface area contributed by atoms with Crippen molar-refractivity contribution >= 4 is 17.5 Å². The fourth-order valence-electron chi connectivity index (χ4n) is 2.92. The van der Waals surface area contributed by atoms with Crippen molar-refractivity contribution in [2.75, 3.05) is 20.2 Å². The number of carbonyl (C=O) groups is 2. The molecule has 0 bridgehead atoms. The third-order valence-electron chi connectivity index (χ3n) is 4.29. The van der Waals surface area contributed by atoms with Crippen molar-refractivity contribution in [1.82, 2.24) is 19.7 Å². The zero-order valence-electron chi connectivity index (χ0n) is 13.6. The highest BCUT2D eigenvalue weighted by Crippen LogP contribution is 2.19. The van der Waals surface area contributed by atoms with E-state index in [9.17, 15) is 14.7 Å². The molecule has 2 aliphatic heterocycles. The second-order valence-electron chi connectivity index (χ2n) is 6.03. The number of aryl methyl sites for hydroxylation is 1. The summed E-state index contributed by atoms with van der Waals surface area (Å²) in [5.74, 6) is -0.267. The molecular weight excluding hydrogens is 314 g/mol. The minimum absolute atomic E-state index is 0.0943. The molecule has 1 aromatic heterocycles.